The Labute approximate surface area is 327 Å². The number of hydrogen-bond donors (Lipinski definition) is 4. The highest BCUT2D eigenvalue weighted by molar-refractivity contribution is 5.88. The minimum absolute atomic E-state index is 0.139. The van der Waals surface area contributed by atoms with Gasteiger partial charge in [0.2, 0.25) is 0 Å². The molecule has 2 aromatic rings. The van der Waals surface area contributed by atoms with E-state index in [1.165, 1.54) is 190 Å². The smallest absolute Gasteiger partial charge is 0.335 e. The maximum Gasteiger partial charge on any atom is 0.335 e. The van der Waals surface area contributed by atoms with E-state index in [1.807, 2.05) is 0 Å². The molecular weight excluding hydrogens is 684 g/mol. The maximum absolute atomic E-state index is 10.5. The van der Waals surface area contributed by atoms with Crippen LogP contribution in [0.15, 0.2) is 48.5 Å². The van der Waals surface area contributed by atoms with E-state index >= 15 is 0 Å². The summed E-state index contributed by atoms with van der Waals surface area (Å²) in [4.78, 5) is 20.4. The van der Waals surface area contributed by atoms with Crippen molar-refractivity contribution in [1.29, 1.82) is 0 Å². The van der Waals surface area contributed by atoms with Crippen LogP contribution in [-0.4, -0.2) is 74.8 Å². The van der Waals surface area contributed by atoms with Gasteiger partial charge in [0.05, 0.1) is 63.7 Å². The van der Waals surface area contributed by atoms with Crippen LogP contribution in [0, 0.1) is 0 Å². The van der Waals surface area contributed by atoms with Gasteiger partial charge in [-0.2, -0.15) is 0 Å². The molecule has 0 atom stereocenters. The van der Waals surface area contributed by atoms with Gasteiger partial charge < -0.3 is 40.5 Å². The average Bonchev–Trinajstić information content (AvgIpc) is 3.16. The van der Waals surface area contributed by atoms with Crippen molar-refractivity contribution in [3.8, 4) is 11.5 Å². The lowest BCUT2D eigenvalue weighted by Crippen LogP contribution is -2.85. The normalized spacial score (nSPS) is 10.6. The van der Waals surface area contributed by atoms with Crippen molar-refractivity contribution >= 4 is 11.9 Å². The number of aromatic carboxylic acids is 2. The van der Waals surface area contributed by atoms with Crippen molar-refractivity contribution in [3.63, 3.8) is 0 Å². The summed E-state index contributed by atoms with van der Waals surface area (Å²) < 4.78 is 11.4. The number of carboxylic acids is 2. The van der Waals surface area contributed by atoms with Gasteiger partial charge in [-0.3, -0.25) is 0 Å². The van der Waals surface area contributed by atoms with Crippen LogP contribution in [0.2, 0.25) is 0 Å². The van der Waals surface area contributed by atoms with Crippen LogP contribution in [0.1, 0.15) is 163 Å². The summed E-state index contributed by atoms with van der Waals surface area (Å²) in [5.74, 6) is -2.38. The summed E-state index contributed by atoms with van der Waals surface area (Å²) in [5.41, 5.74) is 0.277. The SMILES string of the molecule is CCCCCCCCCCCC[NH2+]CCOCCOCC[NH2+]CCCCCCCCCCCC.O=C(O)c1ccc([O-])cc1.O=C(O)c1ccc([O-])cc1. The highest BCUT2D eigenvalue weighted by Crippen LogP contribution is 2.11. The van der Waals surface area contributed by atoms with Gasteiger partial charge >= 0.3 is 11.9 Å². The van der Waals surface area contributed by atoms with Crippen LogP contribution in [-0.2, 0) is 9.47 Å². The van der Waals surface area contributed by atoms with Gasteiger partial charge in [0.1, 0.15) is 0 Å². The number of quaternary nitrogens is 2. The number of ether oxygens (including phenoxy) is 2. The third kappa shape index (κ3) is 35.8. The van der Waals surface area contributed by atoms with Crippen LogP contribution < -0.4 is 20.8 Å². The quantitative estimate of drug-likeness (QED) is 0.0569. The number of unbranched alkanes of at least 4 members (excludes halogenated alkanes) is 18. The van der Waals surface area contributed by atoms with Gasteiger partial charge in [-0.05, 0) is 49.9 Å². The van der Waals surface area contributed by atoms with Crippen LogP contribution in [0.25, 0.3) is 0 Å². The highest BCUT2D eigenvalue weighted by atomic mass is 16.5. The van der Waals surface area contributed by atoms with Gasteiger partial charge in [-0.1, -0.05) is 141 Å². The Morgan fingerprint density at radius 3 is 1.00 bits per heavy atom. The molecule has 10 heteroatoms. The zero-order valence-electron chi connectivity index (χ0n) is 33.9. The highest BCUT2D eigenvalue weighted by Gasteiger charge is 2.00. The third-order valence-corrected chi connectivity index (χ3v) is 9.03. The second kappa shape index (κ2) is 39.5. The maximum atomic E-state index is 10.5. The molecule has 0 saturated carbocycles. The Morgan fingerprint density at radius 2 is 0.722 bits per heavy atom. The minimum atomic E-state index is -1.01. The molecule has 310 valence electrons. The molecule has 0 aliphatic rings. The van der Waals surface area contributed by atoms with Crippen molar-refractivity contribution in [2.24, 2.45) is 0 Å². The van der Waals surface area contributed by atoms with Gasteiger partial charge in [0, 0.05) is 0 Å². The lowest BCUT2D eigenvalue weighted by Gasteiger charge is -2.06. The fraction of sp³-hybridized carbons (Fsp3) is 0.682. The second-order valence-corrected chi connectivity index (χ2v) is 14.0. The van der Waals surface area contributed by atoms with Crippen LogP contribution in [0.3, 0.4) is 0 Å². The lowest BCUT2D eigenvalue weighted by atomic mass is 10.1. The summed E-state index contributed by atoms with van der Waals surface area (Å²) in [6.45, 7) is 12.5. The molecule has 0 aromatic heterocycles. The molecule has 2 rings (SSSR count). The molecule has 0 amide bonds. The van der Waals surface area contributed by atoms with Crippen molar-refractivity contribution in [2.75, 3.05) is 52.6 Å². The molecule has 0 bridgehead atoms. The summed E-state index contributed by atoms with van der Waals surface area (Å²) in [5, 5.41) is 42.5. The molecule has 10 nitrogen and oxygen atoms in total. The third-order valence-electron chi connectivity index (χ3n) is 9.03. The van der Waals surface area contributed by atoms with E-state index < -0.39 is 11.9 Å². The molecule has 54 heavy (non-hydrogen) atoms. The molecule has 0 aliphatic heterocycles. The van der Waals surface area contributed by atoms with E-state index in [-0.39, 0.29) is 22.6 Å². The first-order chi connectivity index (χ1) is 26.3. The van der Waals surface area contributed by atoms with Crippen molar-refractivity contribution in [3.05, 3.63) is 59.7 Å². The predicted molar refractivity (Wildman–Crippen MR) is 214 cm³/mol. The number of benzene rings is 2. The number of rotatable bonds is 33. The fourth-order valence-corrected chi connectivity index (χ4v) is 5.69. The molecule has 0 heterocycles. The summed E-state index contributed by atoms with van der Waals surface area (Å²) in [7, 11) is 0. The van der Waals surface area contributed by atoms with Crippen molar-refractivity contribution in [2.45, 2.75) is 142 Å². The van der Waals surface area contributed by atoms with Crippen LogP contribution in [0.4, 0.5) is 0 Å². The number of carbonyl (C=O) groups is 2. The molecule has 0 aliphatic carbocycles. The molecule has 0 radical (unpaired) electrons. The largest absolute Gasteiger partial charge is 0.872 e. The molecule has 0 saturated heterocycles. The van der Waals surface area contributed by atoms with E-state index in [4.69, 9.17) is 19.7 Å². The Morgan fingerprint density at radius 1 is 0.444 bits per heavy atom. The number of carboxylic acid groups (broad SMARTS) is 2. The topological polar surface area (TPSA) is 172 Å². The van der Waals surface area contributed by atoms with Crippen LogP contribution >= 0.6 is 0 Å². The Balaban J connectivity index is 0.00000112. The fourth-order valence-electron chi connectivity index (χ4n) is 5.69. The second-order valence-electron chi connectivity index (χ2n) is 14.0. The first-order valence-corrected chi connectivity index (χ1v) is 21.1. The minimum Gasteiger partial charge on any atom is -0.872 e. The summed E-state index contributed by atoms with van der Waals surface area (Å²) >= 11 is 0. The van der Waals surface area contributed by atoms with E-state index in [1.54, 1.807) is 0 Å². The molecule has 2 aromatic carbocycles. The van der Waals surface area contributed by atoms with Gasteiger partial charge in [-0.15, -0.1) is 11.5 Å². The van der Waals surface area contributed by atoms with Gasteiger partial charge in [0.15, 0.2) is 0 Å². The zero-order chi connectivity index (χ0) is 39.7. The molecule has 0 fully saturated rings. The van der Waals surface area contributed by atoms with Gasteiger partial charge in [-0.25, -0.2) is 9.59 Å². The Kier molecular flexibility index (Phi) is 37.2. The number of nitrogens with two attached hydrogens (primary N) is 2. The van der Waals surface area contributed by atoms with E-state index in [0.29, 0.717) is 0 Å². The van der Waals surface area contributed by atoms with E-state index in [9.17, 15) is 19.8 Å². The van der Waals surface area contributed by atoms with Crippen LogP contribution in [0.5, 0.6) is 11.5 Å². The van der Waals surface area contributed by atoms with Crippen molar-refractivity contribution < 1.29 is 50.1 Å². The Hall–Kier alpha value is -3.18. The summed E-state index contributed by atoms with van der Waals surface area (Å²) in [6, 6.07) is 10.0. The van der Waals surface area contributed by atoms with Crippen molar-refractivity contribution in [1.82, 2.24) is 0 Å². The molecule has 0 spiro atoms. The molecular formula is C44H76N2O8. The van der Waals surface area contributed by atoms with E-state index in [2.05, 4.69) is 24.5 Å². The zero-order valence-corrected chi connectivity index (χ0v) is 33.9. The standard InChI is InChI=1S/C30H64N2O2.2C7H6O3/c1-3-5-7-9-11-13-15-17-19-21-23-31-25-27-33-29-30-34-28-26-32-24-22-20-18-16-14-12-10-8-6-4-2;2*8-6-3-1-5(2-4-6)7(9)10/h31-32H,3-30H2,1-2H3;2*1-4,8H,(H,9,10). The first kappa shape index (κ1) is 50.8. The lowest BCUT2D eigenvalue weighted by molar-refractivity contribution is -0.657. The van der Waals surface area contributed by atoms with Gasteiger partial charge in [0.25, 0.3) is 0 Å². The van der Waals surface area contributed by atoms with E-state index in [0.717, 1.165) is 39.5 Å². The number of hydrogen-bond acceptors (Lipinski definition) is 6. The summed E-state index contributed by atoms with van der Waals surface area (Å²) in [6.07, 6.45) is 28.4. The average molecular weight is 761 g/mol. The Bertz CT molecular complexity index is 1010. The molecule has 0 unspecified atom stereocenters. The molecule has 6 N–H and O–H groups in total. The predicted octanol–water partition coefficient (Wildman–Crippen LogP) is 6.91. The first-order valence-electron chi connectivity index (χ1n) is 21.1. The monoisotopic (exact) mass is 761 g/mol.